The zero-order chi connectivity index (χ0) is 41.0. The van der Waals surface area contributed by atoms with Gasteiger partial charge in [-0.3, -0.25) is 0 Å². The van der Waals surface area contributed by atoms with E-state index in [0.717, 1.165) is 50.1 Å². The van der Waals surface area contributed by atoms with Crippen molar-refractivity contribution in [2.75, 3.05) is 0 Å². The second kappa shape index (κ2) is 14.7. The van der Waals surface area contributed by atoms with E-state index in [1.807, 2.05) is 36.4 Å². The van der Waals surface area contributed by atoms with Crippen LogP contribution in [0, 0.1) is 0 Å². The van der Waals surface area contributed by atoms with Gasteiger partial charge in [0.15, 0.2) is 17.5 Å². The van der Waals surface area contributed by atoms with Crippen molar-refractivity contribution >= 4 is 43.6 Å². The van der Waals surface area contributed by atoms with Crippen LogP contribution < -0.4 is 0 Å². The van der Waals surface area contributed by atoms with Crippen LogP contribution in [-0.2, 0) is 0 Å². The van der Waals surface area contributed by atoms with Crippen LogP contribution in [0.15, 0.2) is 224 Å². The van der Waals surface area contributed by atoms with Crippen LogP contribution in [0.3, 0.4) is 0 Å². The lowest BCUT2D eigenvalue weighted by Gasteiger charge is -2.16. The number of fused-ring (bicyclic) bond motifs is 6. The number of nitrogens with zero attached hydrogens (tertiary/aromatic N) is 5. The molecule has 0 aliphatic carbocycles. The smallest absolute Gasteiger partial charge is 0.164 e. The first kappa shape index (κ1) is 35.5. The molecule has 0 N–H and O–H groups in total. The monoisotopic (exact) mass is 791 g/mol. The van der Waals surface area contributed by atoms with Crippen LogP contribution >= 0.6 is 0 Å². The molecule has 3 heterocycles. The lowest BCUT2D eigenvalue weighted by molar-refractivity contribution is 1.07. The summed E-state index contributed by atoms with van der Waals surface area (Å²) in [7, 11) is 0. The summed E-state index contributed by atoms with van der Waals surface area (Å²) in [5, 5.41) is 4.76. The molecule has 9 aromatic carbocycles. The molecule has 0 radical (unpaired) electrons. The molecule has 5 nitrogen and oxygen atoms in total. The zero-order valence-electron chi connectivity index (χ0n) is 33.6. The molecule has 12 aromatic rings. The Kier molecular flexibility index (Phi) is 8.42. The van der Waals surface area contributed by atoms with Crippen molar-refractivity contribution in [1.29, 1.82) is 0 Å². The first-order valence-corrected chi connectivity index (χ1v) is 20.9. The summed E-state index contributed by atoms with van der Waals surface area (Å²) in [6.45, 7) is 0. The lowest BCUT2D eigenvalue weighted by atomic mass is 10.0. The highest BCUT2D eigenvalue weighted by molar-refractivity contribution is 6.12. The molecular weight excluding hydrogens is 755 g/mol. The number of aromatic nitrogens is 5. The molecule has 12 rings (SSSR count). The number of benzene rings is 9. The third-order valence-corrected chi connectivity index (χ3v) is 11.9. The van der Waals surface area contributed by atoms with Crippen LogP contribution in [0.2, 0.25) is 0 Å². The molecule has 5 heteroatoms. The number of hydrogen-bond donors (Lipinski definition) is 0. The quantitative estimate of drug-likeness (QED) is 0.162. The molecule has 0 amide bonds. The van der Waals surface area contributed by atoms with Gasteiger partial charge in [0, 0.05) is 49.6 Å². The highest BCUT2D eigenvalue weighted by Crippen LogP contribution is 2.40. The summed E-state index contributed by atoms with van der Waals surface area (Å²) in [5.74, 6) is 1.84. The third kappa shape index (κ3) is 6.06. The van der Waals surface area contributed by atoms with Crippen LogP contribution in [0.25, 0.3) is 111 Å². The minimum absolute atomic E-state index is 0.597. The van der Waals surface area contributed by atoms with Gasteiger partial charge in [-0.25, -0.2) is 15.0 Å². The van der Waals surface area contributed by atoms with Crippen molar-refractivity contribution in [1.82, 2.24) is 24.1 Å². The molecule has 290 valence electrons. The first-order chi connectivity index (χ1) is 30.7. The molecular formula is C57H37N5. The van der Waals surface area contributed by atoms with E-state index in [0.29, 0.717) is 17.5 Å². The molecule has 0 saturated heterocycles. The average molecular weight is 792 g/mol. The summed E-state index contributed by atoms with van der Waals surface area (Å²) in [6, 6.07) is 79.4. The zero-order valence-corrected chi connectivity index (χ0v) is 33.6. The molecule has 0 spiro atoms. The van der Waals surface area contributed by atoms with Gasteiger partial charge in [-0.2, -0.15) is 0 Å². The highest BCUT2D eigenvalue weighted by Gasteiger charge is 2.20. The molecule has 0 fully saturated rings. The average Bonchev–Trinajstić information content (AvgIpc) is 3.87. The summed E-state index contributed by atoms with van der Waals surface area (Å²) in [4.78, 5) is 15.5. The summed E-state index contributed by atoms with van der Waals surface area (Å²) in [6.07, 6.45) is 0. The van der Waals surface area contributed by atoms with Gasteiger partial charge >= 0.3 is 0 Å². The first-order valence-electron chi connectivity index (χ1n) is 20.9. The minimum Gasteiger partial charge on any atom is -0.309 e. The largest absolute Gasteiger partial charge is 0.309 e. The third-order valence-electron chi connectivity index (χ3n) is 11.9. The van der Waals surface area contributed by atoms with Crippen molar-refractivity contribution in [3.63, 3.8) is 0 Å². The summed E-state index contributed by atoms with van der Waals surface area (Å²) < 4.78 is 4.79. The predicted octanol–water partition coefficient (Wildman–Crippen LogP) is 14.4. The van der Waals surface area contributed by atoms with Crippen LogP contribution in [0.5, 0.6) is 0 Å². The van der Waals surface area contributed by atoms with Crippen molar-refractivity contribution in [3.05, 3.63) is 224 Å². The fraction of sp³-hybridized carbons (Fsp3) is 0. The van der Waals surface area contributed by atoms with E-state index >= 15 is 0 Å². The standard InChI is InChI=1S/C57H37N5/c1-5-17-38(18-6-1)42-29-31-53-49(35-42)47-25-13-15-27-51(47)61(53)45-33-44(57-59-55(40-21-9-3-10-22-40)58-56(60-57)41-23-11-4-12-24-41)34-46(37-45)62-52-28-16-14-26-48(52)50-36-43(30-32-54(50)62)39-19-7-2-8-20-39/h1-37H. The Labute approximate surface area is 358 Å². The maximum Gasteiger partial charge on any atom is 0.164 e. The highest BCUT2D eigenvalue weighted by atomic mass is 15.0. The predicted molar refractivity (Wildman–Crippen MR) is 256 cm³/mol. The Morgan fingerprint density at radius 3 is 0.984 bits per heavy atom. The van der Waals surface area contributed by atoms with Gasteiger partial charge in [-0.1, -0.05) is 170 Å². The SMILES string of the molecule is c1ccc(-c2ccc3c(c2)c2ccccc2n3-c2cc(-c3nc(-c4ccccc4)nc(-c4ccccc4)n3)cc(-n3c4ccccc4c4cc(-c5ccccc5)ccc43)c2)cc1. The van der Waals surface area contributed by atoms with Gasteiger partial charge in [-0.15, -0.1) is 0 Å². The number of rotatable bonds is 7. The lowest BCUT2D eigenvalue weighted by Crippen LogP contribution is -2.03. The molecule has 0 aliphatic heterocycles. The van der Waals surface area contributed by atoms with E-state index in [9.17, 15) is 0 Å². The Morgan fingerprint density at radius 2 is 0.565 bits per heavy atom. The van der Waals surface area contributed by atoms with E-state index < -0.39 is 0 Å². The molecule has 62 heavy (non-hydrogen) atoms. The maximum absolute atomic E-state index is 5.24. The molecule has 0 bridgehead atoms. The van der Waals surface area contributed by atoms with E-state index in [1.54, 1.807) is 0 Å². The van der Waals surface area contributed by atoms with Crippen molar-refractivity contribution in [2.45, 2.75) is 0 Å². The molecule has 0 saturated carbocycles. The molecule has 0 atom stereocenters. The second-order valence-corrected chi connectivity index (χ2v) is 15.7. The number of hydrogen-bond acceptors (Lipinski definition) is 3. The van der Waals surface area contributed by atoms with Crippen molar-refractivity contribution in [3.8, 4) is 67.8 Å². The summed E-state index contributed by atoms with van der Waals surface area (Å²) in [5.41, 5.74) is 14.0. The van der Waals surface area contributed by atoms with E-state index in [4.69, 9.17) is 15.0 Å². The normalized spacial score (nSPS) is 11.5. The topological polar surface area (TPSA) is 48.5 Å². The fourth-order valence-electron chi connectivity index (χ4n) is 9.04. The van der Waals surface area contributed by atoms with Crippen LogP contribution in [-0.4, -0.2) is 24.1 Å². The van der Waals surface area contributed by atoms with Crippen molar-refractivity contribution in [2.24, 2.45) is 0 Å². The maximum atomic E-state index is 5.24. The van der Waals surface area contributed by atoms with Crippen molar-refractivity contribution < 1.29 is 0 Å². The van der Waals surface area contributed by atoms with E-state index in [2.05, 4.69) is 197 Å². The van der Waals surface area contributed by atoms with E-state index in [1.165, 1.54) is 43.8 Å². The van der Waals surface area contributed by atoms with Crippen LogP contribution in [0.4, 0.5) is 0 Å². The van der Waals surface area contributed by atoms with Gasteiger partial charge < -0.3 is 9.13 Å². The Morgan fingerprint density at radius 1 is 0.226 bits per heavy atom. The van der Waals surface area contributed by atoms with Gasteiger partial charge in [-0.05, 0) is 76.9 Å². The molecule has 0 aliphatic rings. The molecule has 3 aromatic heterocycles. The molecule has 0 unspecified atom stereocenters. The van der Waals surface area contributed by atoms with Crippen LogP contribution in [0.1, 0.15) is 0 Å². The Hall–Kier alpha value is -8.41. The fourth-order valence-corrected chi connectivity index (χ4v) is 9.04. The number of para-hydroxylation sites is 2. The van der Waals surface area contributed by atoms with Gasteiger partial charge in [0.25, 0.3) is 0 Å². The second-order valence-electron chi connectivity index (χ2n) is 15.7. The van der Waals surface area contributed by atoms with Gasteiger partial charge in [0.05, 0.1) is 22.1 Å². The van der Waals surface area contributed by atoms with E-state index in [-0.39, 0.29) is 0 Å². The summed E-state index contributed by atoms with van der Waals surface area (Å²) >= 11 is 0. The van der Waals surface area contributed by atoms with Gasteiger partial charge in [0.2, 0.25) is 0 Å². The Bertz CT molecular complexity index is 3380. The van der Waals surface area contributed by atoms with Gasteiger partial charge in [0.1, 0.15) is 0 Å². The Balaban J connectivity index is 1.15. The minimum atomic E-state index is 0.597.